The molecule has 0 heterocycles. The van der Waals surface area contributed by atoms with Crippen LogP contribution < -0.4 is 11.1 Å². The van der Waals surface area contributed by atoms with Gasteiger partial charge in [-0.3, -0.25) is 4.79 Å². The van der Waals surface area contributed by atoms with Gasteiger partial charge in [-0.1, -0.05) is 25.7 Å². The zero-order valence-corrected chi connectivity index (χ0v) is 12.8. The van der Waals surface area contributed by atoms with Crippen LogP contribution in [-0.2, 0) is 4.79 Å². The maximum atomic E-state index is 12.6. The van der Waals surface area contributed by atoms with Gasteiger partial charge in [-0.15, -0.1) is 0 Å². The molecule has 2 bridgehead atoms. The molecule has 3 aliphatic carbocycles. The van der Waals surface area contributed by atoms with Crippen LogP contribution in [0.25, 0.3) is 0 Å². The van der Waals surface area contributed by atoms with Gasteiger partial charge in [0, 0.05) is 12.1 Å². The fourth-order valence-electron chi connectivity index (χ4n) is 4.97. The van der Waals surface area contributed by atoms with E-state index in [1.54, 1.807) is 0 Å². The predicted molar refractivity (Wildman–Crippen MR) is 81.1 cm³/mol. The zero-order valence-electron chi connectivity index (χ0n) is 12.8. The van der Waals surface area contributed by atoms with Gasteiger partial charge in [0.15, 0.2) is 0 Å². The molecule has 3 aliphatic rings. The molecule has 0 aromatic heterocycles. The third-order valence-electron chi connectivity index (χ3n) is 6.26. The Morgan fingerprint density at radius 2 is 1.70 bits per heavy atom. The summed E-state index contributed by atoms with van der Waals surface area (Å²) in [6.45, 7) is 2.20. The van der Waals surface area contributed by atoms with E-state index < -0.39 is 0 Å². The Hall–Kier alpha value is -0.570. The normalized spacial score (nSPS) is 39.5. The number of carbonyl (C=O) groups is 1. The lowest BCUT2D eigenvalue weighted by Crippen LogP contribution is -2.49. The highest BCUT2D eigenvalue weighted by Gasteiger charge is 2.49. The van der Waals surface area contributed by atoms with Crippen molar-refractivity contribution in [3.63, 3.8) is 0 Å². The van der Waals surface area contributed by atoms with Gasteiger partial charge < -0.3 is 11.1 Å². The van der Waals surface area contributed by atoms with E-state index in [1.165, 1.54) is 57.8 Å². The van der Waals surface area contributed by atoms with Crippen LogP contribution in [0.4, 0.5) is 0 Å². The molecule has 3 heteroatoms. The molecule has 0 aromatic carbocycles. The number of nitrogens with two attached hydrogens (primary N) is 1. The predicted octanol–water partition coefficient (Wildman–Crippen LogP) is 2.83. The van der Waals surface area contributed by atoms with Crippen molar-refractivity contribution in [3.8, 4) is 0 Å². The SMILES string of the molecule is C[C@@H](NC(=O)C1C2CCC(C2)C1N)C1CCCCCC1. The highest BCUT2D eigenvalue weighted by Crippen LogP contribution is 2.47. The lowest BCUT2D eigenvalue weighted by Gasteiger charge is -2.30. The highest BCUT2D eigenvalue weighted by atomic mass is 16.2. The van der Waals surface area contributed by atoms with Crippen molar-refractivity contribution >= 4 is 5.91 Å². The first-order valence-corrected chi connectivity index (χ1v) is 8.72. The van der Waals surface area contributed by atoms with Crippen molar-refractivity contribution in [2.45, 2.75) is 76.8 Å². The molecule has 3 N–H and O–H groups in total. The smallest absolute Gasteiger partial charge is 0.225 e. The molecule has 0 aliphatic heterocycles. The van der Waals surface area contributed by atoms with Gasteiger partial charge >= 0.3 is 0 Å². The summed E-state index contributed by atoms with van der Waals surface area (Å²) < 4.78 is 0. The Labute approximate surface area is 123 Å². The van der Waals surface area contributed by atoms with Gasteiger partial charge in [0.05, 0.1) is 5.92 Å². The van der Waals surface area contributed by atoms with Crippen LogP contribution in [0.3, 0.4) is 0 Å². The number of carbonyl (C=O) groups excluding carboxylic acids is 1. The minimum atomic E-state index is 0.0991. The van der Waals surface area contributed by atoms with Crippen LogP contribution in [0.5, 0.6) is 0 Å². The van der Waals surface area contributed by atoms with Gasteiger partial charge in [-0.05, 0) is 56.8 Å². The summed E-state index contributed by atoms with van der Waals surface area (Å²) in [7, 11) is 0. The van der Waals surface area contributed by atoms with Crippen LogP contribution in [0.15, 0.2) is 0 Å². The number of hydrogen-bond acceptors (Lipinski definition) is 2. The molecule has 5 atom stereocenters. The summed E-state index contributed by atoms with van der Waals surface area (Å²) in [5.74, 6) is 2.21. The summed E-state index contributed by atoms with van der Waals surface area (Å²) in [4.78, 5) is 12.6. The van der Waals surface area contributed by atoms with Crippen LogP contribution in [0.2, 0.25) is 0 Å². The molecule has 3 nitrogen and oxygen atoms in total. The first-order chi connectivity index (χ1) is 9.66. The van der Waals surface area contributed by atoms with Crippen LogP contribution in [0.1, 0.15) is 64.7 Å². The summed E-state index contributed by atoms with van der Waals surface area (Å²) in [5.41, 5.74) is 6.28. The van der Waals surface area contributed by atoms with E-state index in [1.807, 2.05) is 0 Å². The summed E-state index contributed by atoms with van der Waals surface area (Å²) in [5, 5.41) is 3.32. The van der Waals surface area contributed by atoms with Crippen molar-refractivity contribution in [2.75, 3.05) is 0 Å². The molecule has 3 rings (SSSR count). The number of hydrogen-bond donors (Lipinski definition) is 2. The quantitative estimate of drug-likeness (QED) is 0.780. The summed E-state index contributed by atoms with van der Waals surface area (Å²) >= 11 is 0. The van der Waals surface area contributed by atoms with Gasteiger partial charge in [-0.2, -0.15) is 0 Å². The standard InChI is InChI=1S/C17H30N2O/c1-11(12-6-4-2-3-5-7-12)19-17(20)15-13-8-9-14(10-13)16(15)18/h11-16H,2-10,18H2,1H3,(H,19,20)/t11-,13?,14?,15?,16?/m1/s1. The summed E-state index contributed by atoms with van der Waals surface area (Å²) in [6, 6.07) is 0.446. The van der Waals surface area contributed by atoms with Crippen molar-refractivity contribution in [2.24, 2.45) is 29.4 Å². The van der Waals surface area contributed by atoms with E-state index in [2.05, 4.69) is 12.2 Å². The van der Waals surface area contributed by atoms with E-state index in [9.17, 15) is 4.79 Å². The van der Waals surface area contributed by atoms with Crippen LogP contribution in [0, 0.1) is 23.7 Å². The second-order valence-electron chi connectivity index (χ2n) is 7.49. The van der Waals surface area contributed by atoms with E-state index in [-0.39, 0.29) is 17.9 Å². The molecule has 20 heavy (non-hydrogen) atoms. The second-order valence-corrected chi connectivity index (χ2v) is 7.49. The summed E-state index contributed by atoms with van der Waals surface area (Å²) in [6.07, 6.45) is 11.6. The molecule has 4 unspecified atom stereocenters. The fraction of sp³-hybridized carbons (Fsp3) is 0.941. The van der Waals surface area contributed by atoms with Crippen molar-refractivity contribution < 1.29 is 4.79 Å². The Bertz CT molecular complexity index is 347. The largest absolute Gasteiger partial charge is 0.353 e. The first-order valence-electron chi connectivity index (χ1n) is 8.72. The lowest BCUT2D eigenvalue weighted by atomic mass is 9.83. The average molecular weight is 278 g/mol. The number of fused-ring (bicyclic) bond motifs is 2. The zero-order chi connectivity index (χ0) is 14.1. The van der Waals surface area contributed by atoms with Gasteiger partial charge in [0.1, 0.15) is 0 Å². The third-order valence-corrected chi connectivity index (χ3v) is 6.26. The van der Waals surface area contributed by atoms with Crippen molar-refractivity contribution in [1.82, 2.24) is 5.32 Å². The van der Waals surface area contributed by atoms with Crippen LogP contribution in [-0.4, -0.2) is 18.0 Å². The fourth-order valence-corrected chi connectivity index (χ4v) is 4.97. The monoisotopic (exact) mass is 278 g/mol. The molecule has 3 fully saturated rings. The Morgan fingerprint density at radius 3 is 2.30 bits per heavy atom. The minimum Gasteiger partial charge on any atom is -0.353 e. The molecule has 3 saturated carbocycles. The topological polar surface area (TPSA) is 55.1 Å². The van der Waals surface area contributed by atoms with Crippen LogP contribution >= 0.6 is 0 Å². The maximum absolute atomic E-state index is 12.6. The van der Waals surface area contributed by atoms with Crippen molar-refractivity contribution in [1.29, 1.82) is 0 Å². The first kappa shape index (κ1) is 14.4. The Morgan fingerprint density at radius 1 is 1.05 bits per heavy atom. The van der Waals surface area contributed by atoms with Gasteiger partial charge in [-0.25, -0.2) is 0 Å². The van der Waals surface area contributed by atoms with Crippen molar-refractivity contribution in [3.05, 3.63) is 0 Å². The molecule has 114 valence electrons. The third kappa shape index (κ3) is 2.74. The number of rotatable bonds is 3. The number of amides is 1. The molecule has 0 spiro atoms. The Kier molecular flexibility index (Phi) is 4.34. The molecular formula is C17H30N2O. The molecule has 1 amide bonds. The van der Waals surface area contributed by atoms with E-state index in [0.29, 0.717) is 23.8 Å². The average Bonchev–Trinajstić information content (AvgIpc) is 2.89. The van der Waals surface area contributed by atoms with E-state index >= 15 is 0 Å². The molecule has 0 radical (unpaired) electrons. The molecule has 0 aromatic rings. The van der Waals surface area contributed by atoms with Gasteiger partial charge in [0.2, 0.25) is 5.91 Å². The van der Waals surface area contributed by atoms with Gasteiger partial charge in [0.25, 0.3) is 0 Å². The number of nitrogens with one attached hydrogen (secondary N) is 1. The minimum absolute atomic E-state index is 0.0991. The molecular weight excluding hydrogens is 248 g/mol. The lowest BCUT2D eigenvalue weighted by molar-refractivity contribution is -0.128. The molecule has 0 saturated heterocycles. The van der Waals surface area contributed by atoms with E-state index in [0.717, 1.165) is 0 Å². The maximum Gasteiger partial charge on any atom is 0.225 e. The Balaban J connectivity index is 1.55. The second kappa shape index (κ2) is 6.05. The highest BCUT2D eigenvalue weighted by molar-refractivity contribution is 5.80. The van der Waals surface area contributed by atoms with E-state index in [4.69, 9.17) is 5.73 Å².